The second-order valence-electron chi connectivity index (χ2n) is 5.96. The quantitative estimate of drug-likeness (QED) is 0.331. The first-order valence-electron chi connectivity index (χ1n) is 9.05. The molecule has 0 saturated heterocycles. The molecule has 0 atom stereocenters. The van der Waals surface area contributed by atoms with Crippen LogP contribution < -0.4 is 9.47 Å². The van der Waals surface area contributed by atoms with Crippen molar-refractivity contribution in [1.82, 2.24) is 0 Å². The molecule has 4 aromatic carbocycles. The van der Waals surface area contributed by atoms with Crippen LogP contribution in [-0.2, 0) is 0 Å². The van der Waals surface area contributed by atoms with Gasteiger partial charge in [-0.05, 0) is 35.9 Å². The van der Waals surface area contributed by atoms with Gasteiger partial charge in [0.15, 0.2) is 0 Å². The fraction of sp³-hybridized carbons (Fsp3) is 0. The number of benzene rings is 4. The Kier molecular flexibility index (Phi) is 7.02. The molecule has 0 radical (unpaired) electrons. The summed E-state index contributed by atoms with van der Waals surface area (Å²) in [5, 5.41) is 9.56. The number of hydrogen-bond donors (Lipinski definition) is 1. The third kappa shape index (κ3) is 6.26. The highest BCUT2D eigenvalue weighted by molar-refractivity contribution is 5.69. The van der Waals surface area contributed by atoms with Crippen LogP contribution in [0.4, 0.5) is 4.79 Å². The number of carbonyl (C=O) groups excluding carboxylic acids is 1. The molecule has 4 aromatic rings. The summed E-state index contributed by atoms with van der Waals surface area (Å²) in [5.74, 6) is 1.25. The summed E-state index contributed by atoms with van der Waals surface area (Å²) < 4.78 is 9.91. The van der Waals surface area contributed by atoms with Crippen molar-refractivity contribution in [2.24, 2.45) is 0 Å². The number of phenols is 1. The Morgan fingerprint density at radius 2 is 0.966 bits per heavy atom. The zero-order chi connectivity index (χ0) is 20.3. The minimum absolute atomic E-state index is 0.328. The number of ether oxygens (including phenoxy) is 2. The highest BCUT2D eigenvalue weighted by atomic mass is 16.7. The molecule has 29 heavy (non-hydrogen) atoms. The van der Waals surface area contributed by atoms with Crippen LogP contribution in [0.5, 0.6) is 17.2 Å². The molecule has 0 heterocycles. The molecule has 0 aliphatic rings. The Bertz CT molecular complexity index is 973. The Balaban J connectivity index is 0.000000169. The first-order chi connectivity index (χ1) is 14.2. The summed E-state index contributed by atoms with van der Waals surface area (Å²) in [6, 6.07) is 34.8. The van der Waals surface area contributed by atoms with Crippen LogP contribution >= 0.6 is 0 Å². The van der Waals surface area contributed by atoms with Gasteiger partial charge in [0.25, 0.3) is 0 Å². The smallest absolute Gasteiger partial charge is 0.507 e. The Hall–Kier alpha value is -4.05. The second-order valence-corrected chi connectivity index (χ2v) is 5.96. The lowest BCUT2D eigenvalue weighted by Gasteiger charge is -2.04. The molecular weight excluding hydrogens is 364 g/mol. The first kappa shape index (κ1) is 19.7. The lowest BCUT2D eigenvalue weighted by Crippen LogP contribution is -2.13. The van der Waals surface area contributed by atoms with Gasteiger partial charge in [0.05, 0.1) is 0 Å². The van der Waals surface area contributed by atoms with E-state index >= 15 is 0 Å². The van der Waals surface area contributed by atoms with Crippen molar-refractivity contribution < 1.29 is 19.4 Å². The number of carbonyl (C=O) groups is 1. The maximum absolute atomic E-state index is 11.3. The van der Waals surface area contributed by atoms with Gasteiger partial charge in [-0.2, -0.15) is 0 Å². The van der Waals surface area contributed by atoms with Gasteiger partial charge in [-0.1, -0.05) is 84.9 Å². The molecule has 0 amide bonds. The van der Waals surface area contributed by atoms with E-state index in [1.807, 2.05) is 60.7 Å². The van der Waals surface area contributed by atoms with Crippen molar-refractivity contribution in [2.75, 3.05) is 0 Å². The molecular formula is C25H20O4. The lowest BCUT2D eigenvalue weighted by molar-refractivity contribution is 0.152. The van der Waals surface area contributed by atoms with E-state index in [4.69, 9.17) is 9.47 Å². The van der Waals surface area contributed by atoms with Crippen LogP contribution in [0.1, 0.15) is 0 Å². The van der Waals surface area contributed by atoms with Gasteiger partial charge in [-0.25, -0.2) is 4.79 Å². The molecule has 0 aliphatic carbocycles. The van der Waals surface area contributed by atoms with Crippen molar-refractivity contribution >= 4 is 6.16 Å². The maximum atomic E-state index is 11.3. The molecule has 4 heteroatoms. The average Bonchev–Trinajstić information content (AvgIpc) is 2.76. The first-order valence-corrected chi connectivity index (χ1v) is 9.05. The zero-order valence-electron chi connectivity index (χ0n) is 15.6. The SMILES string of the molecule is O=C(Oc1ccccc1)Oc1ccccc1.Oc1ccccc1-c1ccccc1. The fourth-order valence-corrected chi connectivity index (χ4v) is 2.53. The Labute approximate surface area is 169 Å². The number of phenolic OH excluding ortho intramolecular Hbond substituents is 1. The van der Waals surface area contributed by atoms with Crippen LogP contribution in [-0.4, -0.2) is 11.3 Å². The summed E-state index contributed by atoms with van der Waals surface area (Å²) in [6.45, 7) is 0. The molecule has 0 aliphatic heterocycles. The summed E-state index contributed by atoms with van der Waals surface area (Å²) in [6.07, 6.45) is -0.739. The van der Waals surface area contributed by atoms with E-state index in [9.17, 15) is 9.90 Å². The number of rotatable bonds is 3. The van der Waals surface area contributed by atoms with E-state index in [1.54, 1.807) is 54.6 Å². The predicted octanol–water partition coefficient (Wildman–Crippen LogP) is 6.32. The standard InChI is InChI=1S/C13H10O3.C12H10O/c14-13(15-11-7-3-1-4-8-11)16-12-9-5-2-6-10-12;13-12-9-5-4-8-11(12)10-6-2-1-3-7-10/h1-10H;1-9,13H. The highest BCUT2D eigenvalue weighted by Gasteiger charge is 2.06. The minimum Gasteiger partial charge on any atom is -0.507 e. The van der Waals surface area contributed by atoms with E-state index in [1.165, 1.54) is 0 Å². The summed E-state index contributed by atoms with van der Waals surface area (Å²) in [4.78, 5) is 11.3. The number of aromatic hydroxyl groups is 1. The highest BCUT2D eigenvalue weighted by Crippen LogP contribution is 2.27. The molecule has 0 aromatic heterocycles. The molecule has 0 bridgehead atoms. The third-order valence-electron chi connectivity index (χ3n) is 3.88. The van der Waals surface area contributed by atoms with Gasteiger partial charge < -0.3 is 14.6 Å². The van der Waals surface area contributed by atoms with Crippen molar-refractivity contribution in [1.29, 1.82) is 0 Å². The molecule has 0 unspecified atom stereocenters. The van der Waals surface area contributed by atoms with Crippen molar-refractivity contribution in [3.63, 3.8) is 0 Å². The van der Waals surface area contributed by atoms with Crippen LogP contribution in [0.2, 0.25) is 0 Å². The zero-order valence-corrected chi connectivity index (χ0v) is 15.6. The van der Waals surface area contributed by atoms with Gasteiger partial charge >= 0.3 is 6.16 Å². The Morgan fingerprint density at radius 3 is 1.45 bits per heavy atom. The minimum atomic E-state index is -0.739. The van der Waals surface area contributed by atoms with E-state index in [0.717, 1.165) is 11.1 Å². The van der Waals surface area contributed by atoms with Crippen LogP contribution in [0.15, 0.2) is 115 Å². The van der Waals surface area contributed by atoms with Gasteiger partial charge in [-0.15, -0.1) is 0 Å². The number of para-hydroxylation sites is 3. The maximum Gasteiger partial charge on any atom is 0.519 e. The summed E-state index contributed by atoms with van der Waals surface area (Å²) in [5.41, 5.74) is 1.92. The number of hydrogen-bond acceptors (Lipinski definition) is 4. The molecule has 1 N–H and O–H groups in total. The van der Waals surface area contributed by atoms with Crippen LogP contribution in [0, 0.1) is 0 Å². The monoisotopic (exact) mass is 384 g/mol. The molecule has 4 nitrogen and oxygen atoms in total. The van der Waals surface area contributed by atoms with E-state index in [2.05, 4.69) is 0 Å². The molecule has 0 fully saturated rings. The Morgan fingerprint density at radius 1 is 0.552 bits per heavy atom. The van der Waals surface area contributed by atoms with Crippen LogP contribution in [0.25, 0.3) is 11.1 Å². The van der Waals surface area contributed by atoms with Gasteiger partial charge in [0, 0.05) is 5.56 Å². The molecule has 4 rings (SSSR count). The third-order valence-corrected chi connectivity index (χ3v) is 3.88. The normalized spacial score (nSPS) is 9.66. The van der Waals surface area contributed by atoms with E-state index in [0.29, 0.717) is 17.2 Å². The average molecular weight is 384 g/mol. The molecule has 0 saturated carbocycles. The summed E-state index contributed by atoms with van der Waals surface area (Å²) in [7, 11) is 0. The van der Waals surface area contributed by atoms with Gasteiger partial charge in [-0.3, -0.25) is 0 Å². The predicted molar refractivity (Wildman–Crippen MR) is 113 cm³/mol. The topological polar surface area (TPSA) is 55.8 Å². The van der Waals surface area contributed by atoms with Crippen molar-refractivity contribution in [3.05, 3.63) is 115 Å². The van der Waals surface area contributed by atoms with Crippen LogP contribution in [0.3, 0.4) is 0 Å². The largest absolute Gasteiger partial charge is 0.519 e. The molecule has 144 valence electrons. The summed E-state index contributed by atoms with van der Waals surface area (Å²) >= 11 is 0. The fourth-order valence-electron chi connectivity index (χ4n) is 2.53. The van der Waals surface area contributed by atoms with E-state index < -0.39 is 6.16 Å². The molecule has 0 spiro atoms. The van der Waals surface area contributed by atoms with Gasteiger partial charge in [0.2, 0.25) is 0 Å². The van der Waals surface area contributed by atoms with Gasteiger partial charge in [0.1, 0.15) is 17.2 Å². The lowest BCUT2D eigenvalue weighted by atomic mass is 10.1. The van der Waals surface area contributed by atoms with E-state index in [-0.39, 0.29) is 0 Å². The van der Waals surface area contributed by atoms with Crippen molar-refractivity contribution in [3.8, 4) is 28.4 Å². The van der Waals surface area contributed by atoms with Crippen molar-refractivity contribution in [2.45, 2.75) is 0 Å². The second kappa shape index (κ2) is 10.3.